The third kappa shape index (κ3) is 3.81. The predicted molar refractivity (Wildman–Crippen MR) is 100 cm³/mol. The topological polar surface area (TPSA) is 104 Å². The number of urea groups is 1. The lowest BCUT2D eigenvalue weighted by Gasteiger charge is -2.34. The van der Waals surface area contributed by atoms with Gasteiger partial charge in [0.15, 0.2) is 5.78 Å². The van der Waals surface area contributed by atoms with Crippen LogP contribution < -0.4 is 5.32 Å². The third-order valence-electron chi connectivity index (χ3n) is 5.36. The fraction of sp³-hybridized carbons (Fsp3) is 0.450. The third-order valence-corrected chi connectivity index (χ3v) is 5.36. The lowest BCUT2D eigenvalue weighted by Crippen LogP contribution is -2.46. The molecule has 2 fully saturated rings. The second-order valence-corrected chi connectivity index (χ2v) is 7.36. The Bertz CT molecular complexity index is 833. The van der Waals surface area contributed by atoms with Crippen LogP contribution in [0, 0.1) is 5.92 Å². The number of hydrogen-bond acceptors (Lipinski definition) is 5. The highest BCUT2D eigenvalue weighted by atomic mass is 16.2. The molecule has 1 saturated heterocycles. The van der Waals surface area contributed by atoms with Crippen molar-refractivity contribution in [2.24, 2.45) is 5.92 Å². The van der Waals surface area contributed by atoms with Gasteiger partial charge in [0.1, 0.15) is 6.54 Å². The number of imide groups is 2. The number of rotatable bonds is 5. The number of anilines is 1. The molecule has 8 nitrogen and oxygen atoms in total. The molecule has 148 valence electrons. The van der Waals surface area contributed by atoms with Crippen LogP contribution in [0.5, 0.6) is 0 Å². The maximum Gasteiger partial charge on any atom is 0.334 e. The highest BCUT2D eigenvalue weighted by molar-refractivity contribution is 6.45. The number of Topliss-reactive ketones (excluding diaryl/α,β-unsaturated/α-hetero) is 1. The Kier molecular flexibility index (Phi) is 5.58. The van der Waals surface area contributed by atoms with E-state index in [9.17, 15) is 24.0 Å². The Morgan fingerprint density at radius 3 is 2.29 bits per heavy atom. The second kappa shape index (κ2) is 7.92. The largest absolute Gasteiger partial charge is 0.334 e. The van der Waals surface area contributed by atoms with Gasteiger partial charge in [0.05, 0.1) is 0 Å². The molecule has 1 saturated carbocycles. The molecule has 0 unspecified atom stereocenters. The number of carbonyl (C=O) groups is 5. The van der Waals surface area contributed by atoms with Crippen LogP contribution in [0.2, 0.25) is 0 Å². The summed E-state index contributed by atoms with van der Waals surface area (Å²) < 4.78 is 0. The Labute approximate surface area is 162 Å². The van der Waals surface area contributed by atoms with Crippen molar-refractivity contribution in [2.75, 3.05) is 11.9 Å². The standard InChI is InChI=1S/C20H23N3O5/c1-12-5-3-4-6-16(12)23-19(27)18(26)22(20(23)28)11-17(25)21-15-9-7-14(8-10-15)13(2)24/h7-10,12,16H,3-6,11H2,1-2H3,(H,21,25)/t12-,16-/m0/s1. The van der Waals surface area contributed by atoms with Crippen LogP contribution in [0.15, 0.2) is 24.3 Å². The fourth-order valence-electron chi connectivity index (χ4n) is 3.77. The monoisotopic (exact) mass is 385 g/mol. The van der Waals surface area contributed by atoms with E-state index in [-0.39, 0.29) is 17.7 Å². The van der Waals surface area contributed by atoms with Crippen molar-refractivity contribution in [3.8, 4) is 0 Å². The van der Waals surface area contributed by atoms with Crippen LogP contribution in [0.3, 0.4) is 0 Å². The Balaban J connectivity index is 1.67. The summed E-state index contributed by atoms with van der Waals surface area (Å²) in [6.45, 7) is 2.87. The van der Waals surface area contributed by atoms with Crippen LogP contribution in [-0.4, -0.2) is 51.9 Å². The first kappa shape index (κ1) is 19.7. The van der Waals surface area contributed by atoms with Crippen molar-refractivity contribution in [3.63, 3.8) is 0 Å². The summed E-state index contributed by atoms with van der Waals surface area (Å²) in [4.78, 5) is 62.6. The minimum absolute atomic E-state index is 0.0957. The van der Waals surface area contributed by atoms with Gasteiger partial charge in [-0.15, -0.1) is 0 Å². The molecular weight excluding hydrogens is 362 g/mol. The molecule has 1 N–H and O–H groups in total. The number of carbonyl (C=O) groups excluding carboxylic acids is 5. The maximum absolute atomic E-state index is 12.7. The summed E-state index contributed by atoms with van der Waals surface area (Å²) in [6, 6.07) is 5.23. The van der Waals surface area contributed by atoms with Crippen molar-refractivity contribution in [1.29, 1.82) is 0 Å². The lowest BCUT2D eigenvalue weighted by molar-refractivity contribution is -0.145. The van der Waals surface area contributed by atoms with E-state index < -0.39 is 30.3 Å². The van der Waals surface area contributed by atoms with Crippen LogP contribution in [-0.2, 0) is 14.4 Å². The van der Waals surface area contributed by atoms with Crippen molar-refractivity contribution in [1.82, 2.24) is 9.80 Å². The van der Waals surface area contributed by atoms with Gasteiger partial charge in [-0.25, -0.2) is 9.69 Å². The molecule has 2 aliphatic rings. The zero-order valence-corrected chi connectivity index (χ0v) is 15.9. The number of benzene rings is 1. The number of ketones is 1. The van der Waals surface area contributed by atoms with E-state index in [0.29, 0.717) is 22.6 Å². The molecule has 1 heterocycles. The first-order valence-electron chi connectivity index (χ1n) is 9.39. The van der Waals surface area contributed by atoms with E-state index in [4.69, 9.17) is 0 Å². The summed E-state index contributed by atoms with van der Waals surface area (Å²) in [5.41, 5.74) is 0.934. The van der Waals surface area contributed by atoms with Gasteiger partial charge in [0, 0.05) is 17.3 Å². The van der Waals surface area contributed by atoms with E-state index in [0.717, 1.165) is 24.2 Å². The SMILES string of the molecule is CC(=O)c1ccc(NC(=O)CN2C(=O)C(=O)N([C@H]3CCCC[C@@H]3C)C2=O)cc1. The predicted octanol–water partition coefficient (Wildman–Crippen LogP) is 2.20. The molecular formula is C20H23N3O5. The van der Waals surface area contributed by atoms with Crippen LogP contribution in [0.1, 0.15) is 49.9 Å². The van der Waals surface area contributed by atoms with Crippen molar-refractivity contribution >= 4 is 35.2 Å². The van der Waals surface area contributed by atoms with E-state index >= 15 is 0 Å². The van der Waals surface area contributed by atoms with E-state index in [2.05, 4.69) is 5.32 Å². The normalized spacial score (nSPS) is 22.6. The molecule has 5 amide bonds. The summed E-state index contributed by atoms with van der Waals surface area (Å²) in [5.74, 6) is -2.39. The average Bonchev–Trinajstić information content (AvgIpc) is 2.86. The summed E-state index contributed by atoms with van der Waals surface area (Å²) in [7, 11) is 0. The minimum atomic E-state index is -0.968. The quantitative estimate of drug-likeness (QED) is 0.475. The molecule has 2 atom stereocenters. The Hall–Kier alpha value is -3.03. The van der Waals surface area contributed by atoms with Crippen molar-refractivity contribution in [3.05, 3.63) is 29.8 Å². The van der Waals surface area contributed by atoms with Crippen LogP contribution in [0.25, 0.3) is 0 Å². The molecule has 0 radical (unpaired) electrons. The molecule has 0 bridgehead atoms. The van der Waals surface area contributed by atoms with Gasteiger partial charge in [-0.2, -0.15) is 0 Å². The molecule has 0 aromatic heterocycles. The number of nitrogens with zero attached hydrogens (tertiary/aromatic N) is 2. The molecule has 1 aliphatic heterocycles. The summed E-state index contributed by atoms with van der Waals surface area (Å²) in [5, 5.41) is 2.57. The van der Waals surface area contributed by atoms with Crippen LogP contribution in [0.4, 0.5) is 10.5 Å². The molecule has 1 aliphatic carbocycles. The van der Waals surface area contributed by atoms with Gasteiger partial charge < -0.3 is 5.32 Å². The highest BCUT2D eigenvalue weighted by Gasteiger charge is 2.49. The Morgan fingerprint density at radius 2 is 1.68 bits per heavy atom. The van der Waals surface area contributed by atoms with Crippen molar-refractivity contribution in [2.45, 2.75) is 45.6 Å². The maximum atomic E-state index is 12.7. The smallest absolute Gasteiger partial charge is 0.325 e. The number of hydrogen-bond donors (Lipinski definition) is 1. The molecule has 8 heteroatoms. The van der Waals surface area contributed by atoms with Gasteiger partial charge in [-0.05, 0) is 49.9 Å². The van der Waals surface area contributed by atoms with Crippen molar-refractivity contribution < 1.29 is 24.0 Å². The fourth-order valence-corrected chi connectivity index (χ4v) is 3.77. The minimum Gasteiger partial charge on any atom is -0.325 e. The van der Waals surface area contributed by atoms with Crippen LogP contribution >= 0.6 is 0 Å². The Morgan fingerprint density at radius 1 is 1.04 bits per heavy atom. The first-order valence-corrected chi connectivity index (χ1v) is 9.39. The summed E-state index contributed by atoms with van der Waals surface area (Å²) in [6.07, 6.45) is 3.51. The van der Waals surface area contributed by atoms with E-state index in [1.807, 2.05) is 6.92 Å². The molecule has 1 aromatic carbocycles. The van der Waals surface area contributed by atoms with E-state index in [1.165, 1.54) is 6.92 Å². The zero-order valence-electron chi connectivity index (χ0n) is 15.9. The molecule has 0 spiro atoms. The molecule has 28 heavy (non-hydrogen) atoms. The number of nitrogens with one attached hydrogen (secondary N) is 1. The second-order valence-electron chi connectivity index (χ2n) is 7.36. The molecule has 1 aromatic rings. The lowest BCUT2D eigenvalue weighted by atomic mass is 9.85. The average molecular weight is 385 g/mol. The van der Waals surface area contributed by atoms with Gasteiger partial charge in [0.25, 0.3) is 0 Å². The van der Waals surface area contributed by atoms with Gasteiger partial charge >= 0.3 is 17.8 Å². The van der Waals surface area contributed by atoms with Gasteiger partial charge in [-0.3, -0.25) is 24.1 Å². The molecule has 3 rings (SSSR count). The zero-order chi connectivity index (χ0) is 20.4. The van der Waals surface area contributed by atoms with Gasteiger partial charge in [-0.1, -0.05) is 19.8 Å². The highest BCUT2D eigenvalue weighted by Crippen LogP contribution is 2.31. The summed E-state index contributed by atoms with van der Waals surface area (Å²) >= 11 is 0. The van der Waals surface area contributed by atoms with E-state index in [1.54, 1.807) is 24.3 Å². The first-order chi connectivity index (χ1) is 13.3. The number of amides is 5. The van der Waals surface area contributed by atoms with Gasteiger partial charge in [0.2, 0.25) is 5.91 Å².